The van der Waals surface area contributed by atoms with Gasteiger partial charge in [-0.05, 0) is 0 Å². The summed E-state index contributed by atoms with van der Waals surface area (Å²) in [7, 11) is 0. The zero-order chi connectivity index (χ0) is 8.93. The third-order valence-electron chi connectivity index (χ3n) is 2.66. The number of rotatable bonds is 1. The Morgan fingerprint density at radius 3 is 2.33 bits per heavy atom. The first-order chi connectivity index (χ1) is 5.60. The minimum absolute atomic E-state index is 0.384. The molecule has 0 unspecified atom stereocenters. The van der Waals surface area contributed by atoms with Crippen molar-refractivity contribution in [2.75, 3.05) is 6.54 Å². The van der Waals surface area contributed by atoms with Gasteiger partial charge in [0.2, 0.25) is 6.04 Å². The van der Waals surface area contributed by atoms with Gasteiger partial charge in [-0.1, -0.05) is 0 Å². The molecule has 2 rings (SSSR count). The van der Waals surface area contributed by atoms with E-state index >= 15 is 0 Å². The van der Waals surface area contributed by atoms with E-state index in [-0.39, 0.29) is 0 Å². The van der Waals surface area contributed by atoms with Crippen molar-refractivity contribution in [2.45, 2.75) is 18.9 Å². The molecule has 0 aliphatic carbocycles. The minimum atomic E-state index is -1.04. The van der Waals surface area contributed by atoms with Crippen LogP contribution in [0, 0.1) is 0 Å². The lowest BCUT2D eigenvalue weighted by Gasteiger charge is -2.09. The van der Waals surface area contributed by atoms with E-state index in [1.165, 1.54) is 0 Å². The Labute approximate surface area is 68.2 Å². The van der Waals surface area contributed by atoms with Crippen molar-refractivity contribution in [1.82, 2.24) is 0 Å². The van der Waals surface area contributed by atoms with Gasteiger partial charge in [0.1, 0.15) is 0 Å². The molecule has 2 aliphatic heterocycles. The largest absolute Gasteiger partial charge is 0.477 e. The Bertz CT molecular complexity index is 282. The van der Waals surface area contributed by atoms with Gasteiger partial charge in [-0.15, -0.1) is 0 Å². The molecule has 0 aromatic rings. The molecule has 1 N–H and O–H groups in total. The normalized spacial score (nSPS) is 31.2. The minimum Gasteiger partial charge on any atom is -0.477 e. The van der Waals surface area contributed by atoms with Crippen LogP contribution in [0.3, 0.4) is 0 Å². The predicted octanol–water partition coefficient (Wildman–Crippen LogP) is -0.883. The lowest BCUT2D eigenvalue weighted by atomic mass is 10.2. The number of carbonyl (C=O) groups excluding carboxylic acids is 2. The monoisotopic (exact) mass is 170 g/mol. The molecule has 0 aromatic heterocycles. The number of nitrogens with zero attached hydrogens (tertiary/aromatic N) is 1. The number of imide groups is 1. The Kier molecular flexibility index (Phi) is 1.19. The molecular weight excluding hydrogens is 162 g/mol. The second-order valence-electron chi connectivity index (χ2n) is 3.20. The van der Waals surface area contributed by atoms with Crippen molar-refractivity contribution >= 4 is 17.8 Å². The number of carboxylic acids is 1. The Morgan fingerprint density at radius 2 is 2.00 bits per heavy atom. The standard InChI is InChI=1S/C7H7NO4/c9-5-6(10)8(5)3-1-2-4(8)7(11)12/h4H,1-3H2/p+1/t4-/m0/s1. The lowest BCUT2D eigenvalue weighted by molar-refractivity contribution is -0.716. The number of aliphatic carboxylic acids is 1. The van der Waals surface area contributed by atoms with Gasteiger partial charge < -0.3 is 5.11 Å². The summed E-state index contributed by atoms with van der Waals surface area (Å²) in [4.78, 5) is 32.5. The van der Waals surface area contributed by atoms with Crippen LogP contribution in [0.25, 0.3) is 0 Å². The van der Waals surface area contributed by atoms with E-state index in [9.17, 15) is 14.4 Å². The van der Waals surface area contributed by atoms with Crippen molar-refractivity contribution in [3.63, 3.8) is 0 Å². The first-order valence-corrected chi connectivity index (χ1v) is 3.80. The van der Waals surface area contributed by atoms with Crippen LogP contribution in [0.5, 0.6) is 0 Å². The molecule has 64 valence electrons. The molecule has 0 bridgehead atoms. The molecule has 2 aliphatic rings. The first-order valence-electron chi connectivity index (χ1n) is 3.80. The van der Waals surface area contributed by atoms with E-state index in [4.69, 9.17) is 5.11 Å². The van der Waals surface area contributed by atoms with Crippen molar-refractivity contribution in [1.29, 1.82) is 0 Å². The van der Waals surface area contributed by atoms with Gasteiger partial charge in [0.25, 0.3) is 0 Å². The highest BCUT2D eigenvalue weighted by Crippen LogP contribution is 2.38. The average molecular weight is 170 g/mol. The fourth-order valence-corrected chi connectivity index (χ4v) is 1.95. The summed E-state index contributed by atoms with van der Waals surface area (Å²) >= 11 is 0. The summed E-state index contributed by atoms with van der Waals surface area (Å²) in [5.41, 5.74) is 0. The number of amides is 2. The topological polar surface area (TPSA) is 71.4 Å². The van der Waals surface area contributed by atoms with Gasteiger partial charge in [-0.25, -0.2) is 14.4 Å². The van der Waals surface area contributed by atoms with Crippen LogP contribution in [0.2, 0.25) is 0 Å². The van der Waals surface area contributed by atoms with E-state index in [0.717, 1.165) is 0 Å². The van der Waals surface area contributed by atoms with Crippen LogP contribution in [-0.2, 0) is 14.4 Å². The summed E-state index contributed by atoms with van der Waals surface area (Å²) in [6.45, 7) is 0.384. The molecule has 0 aromatic carbocycles. The summed E-state index contributed by atoms with van der Waals surface area (Å²) in [5, 5.41) is 8.70. The third kappa shape index (κ3) is 0.597. The maximum absolute atomic E-state index is 10.9. The second kappa shape index (κ2) is 1.92. The van der Waals surface area contributed by atoms with E-state index in [0.29, 0.717) is 19.4 Å². The fourth-order valence-electron chi connectivity index (χ4n) is 1.95. The van der Waals surface area contributed by atoms with Gasteiger partial charge in [0.05, 0.1) is 6.54 Å². The highest BCUT2D eigenvalue weighted by atomic mass is 16.4. The number of hydrogen-bond donors (Lipinski definition) is 1. The molecule has 2 fully saturated rings. The van der Waals surface area contributed by atoms with Gasteiger partial charge in [-0.2, -0.15) is 4.48 Å². The second-order valence-corrected chi connectivity index (χ2v) is 3.20. The summed E-state index contributed by atoms with van der Waals surface area (Å²) < 4.78 is -0.407. The quantitative estimate of drug-likeness (QED) is 0.315. The molecule has 1 spiro atoms. The van der Waals surface area contributed by atoms with Gasteiger partial charge in [0, 0.05) is 12.8 Å². The maximum atomic E-state index is 10.9. The molecule has 0 radical (unpaired) electrons. The highest BCUT2D eigenvalue weighted by molar-refractivity contribution is 6.45. The molecule has 2 amide bonds. The summed E-state index contributed by atoms with van der Waals surface area (Å²) in [5.74, 6) is -2.09. The third-order valence-corrected chi connectivity index (χ3v) is 2.66. The van der Waals surface area contributed by atoms with Crippen molar-refractivity contribution in [3.05, 3.63) is 0 Å². The predicted molar refractivity (Wildman–Crippen MR) is 35.8 cm³/mol. The Hall–Kier alpha value is -1.23. The van der Waals surface area contributed by atoms with Crippen LogP contribution < -0.4 is 0 Å². The van der Waals surface area contributed by atoms with Crippen molar-refractivity contribution < 1.29 is 24.0 Å². The SMILES string of the molecule is O=C(O)[C@@H]1CCC[N+]12C(=O)C2=O. The van der Waals surface area contributed by atoms with Crippen LogP contribution in [-0.4, -0.2) is 40.0 Å². The molecule has 2 saturated heterocycles. The molecule has 12 heavy (non-hydrogen) atoms. The van der Waals surface area contributed by atoms with E-state index in [1.54, 1.807) is 0 Å². The van der Waals surface area contributed by atoms with Gasteiger partial charge in [0.15, 0.2) is 0 Å². The number of carbonyl (C=O) groups is 3. The number of quaternary nitrogens is 1. The summed E-state index contributed by atoms with van der Waals surface area (Å²) in [6, 6.07) is -0.801. The fraction of sp³-hybridized carbons (Fsp3) is 0.571. The molecule has 2 heterocycles. The van der Waals surface area contributed by atoms with Crippen LogP contribution in [0.15, 0.2) is 0 Å². The highest BCUT2D eigenvalue weighted by Gasteiger charge is 2.76. The smallest absolute Gasteiger partial charge is 0.452 e. The number of carboxylic acid groups (broad SMARTS) is 1. The lowest BCUT2D eigenvalue weighted by Crippen LogP contribution is -2.40. The molecule has 5 heteroatoms. The average Bonchev–Trinajstić information content (AvgIpc) is 2.53. The van der Waals surface area contributed by atoms with E-state index in [1.807, 2.05) is 0 Å². The van der Waals surface area contributed by atoms with Crippen molar-refractivity contribution in [2.24, 2.45) is 0 Å². The van der Waals surface area contributed by atoms with Crippen LogP contribution in [0.1, 0.15) is 12.8 Å². The zero-order valence-electron chi connectivity index (χ0n) is 6.32. The maximum Gasteiger partial charge on any atom is 0.452 e. The van der Waals surface area contributed by atoms with E-state index < -0.39 is 28.3 Å². The molecule has 5 nitrogen and oxygen atoms in total. The summed E-state index contributed by atoms with van der Waals surface area (Å²) in [6.07, 6.45) is 1.08. The molecule has 1 atom stereocenters. The Morgan fingerprint density at radius 1 is 1.42 bits per heavy atom. The van der Waals surface area contributed by atoms with Gasteiger partial charge in [-0.3, -0.25) is 0 Å². The number of hydrogen-bond acceptors (Lipinski definition) is 3. The van der Waals surface area contributed by atoms with Crippen molar-refractivity contribution in [3.8, 4) is 0 Å². The molecule has 0 saturated carbocycles. The molecular formula is C7H8NO4+. The van der Waals surface area contributed by atoms with Crippen LogP contribution >= 0.6 is 0 Å². The van der Waals surface area contributed by atoms with E-state index in [2.05, 4.69) is 0 Å². The Balaban J connectivity index is 2.33. The van der Waals surface area contributed by atoms with Gasteiger partial charge >= 0.3 is 17.8 Å². The zero-order valence-corrected chi connectivity index (χ0v) is 6.32. The van der Waals surface area contributed by atoms with Crippen LogP contribution in [0.4, 0.5) is 0 Å². The first kappa shape index (κ1) is 7.42.